The number of para-hydroxylation sites is 1. The Hall–Kier alpha value is -2.90. The van der Waals surface area contributed by atoms with Crippen molar-refractivity contribution in [1.82, 2.24) is 10.2 Å². The standard InChI is InChI=1S/C15H14N2O6/c18-11-5-4-10(13(19)16-11)17-6-7-23-12-8(14(17)20)2-1-3-9(12)15(21)22/h1-3,10H,4-7H2,(H,21,22)(H,16,18,19). The number of carbonyl (C=O) groups is 4. The largest absolute Gasteiger partial charge is 0.490 e. The smallest absolute Gasteiger partial charge is 0.339 e. The Morgan fingerprint density at radius 3 is 2.78 bits per heavy atom. The van der Waals surface area contributed by atoms with E-state index in [0.29, 0.717) is 0 Å². The van der Waals surface area contributed by atoms with Crippen LogP contribution in [0.25, 0.3) is 0 Å². The van der Waals surface area contributed by atoms with Crippen LogP contribution < -0.4 is 10.1 Å². The highest BCUT2D eigenvalue weighted by molar-refractivity contribution is 6.06. The van der Waals surface area contributed by atoms with Gasteiger partial charge >= 0.3 is 5.97 Å². The molecule has 1 saturated heterocycles. The van der Waals surface area contributed by atoms with Crippen LogP contribution in [0.15, 0.2) is 18.2 Å². The number of hydrogen-bond acceptors (Lipinski definition) is 5. The van der Waals surface area contributed by atoms with Gasteiger partial charge in [-0.05, 0) is 18.6 Å². The lowest BCUT2D eigenvalue weighted by Gasteiger charge is -2.31. The highest BCUT2D eigenvalue weighted by atomic mass is 16.5. The summed E-state index contributed by atoms with van der Waals surface area (Å²) in [4.78, 5) is 48.5. The first-order chi connectivity index (χ1) is 11.0. The number of amides is 3. The molecule has 2 N–H and O–H groups in total. The summed E-state index contributed by atoms with van der Waals surface area (Å²) in [5, 5.41) is 11.4. The van der Waals surface area contributed by atoms with Crippen molar-refractivity contribution in [3.05, 3.63) is 29.3 Å². The molecule has 1 unspecified atom stereocenters. The van der Waals surface area contributed by atoms with E-state index in [1.807, 2.05) is 0 Å². The zero-order valence-electron chi connectivity index (χ0n) is 12.1. The minimum atomic E-state index is -1.19. The van der Waals surface area contributed by atoms with Gasteiger partial charge in [0.1, 0.15) is 24.0 Å². The molecule has 0 radical (unpaired) electrons. The van der Waals surface area contributed by atoms with Gasteiger partial charge < -0.3 is 14.7 Å². The fourth-order valence-electron chi connectivity index (χ4n) is 2.81. The van der Waals surface area contributed by atoms with Gasteiger partial charge in [0.15, 0.2) is 0 Å². The Labute approximate surface area is 131 Å². The van der Waals surface area contributed by atoms with Gasteiger partial charge in [-0.2, -0.15) is 0 Å². The van der Waals surface area contributed by atoms with Crippen molar-refractivity contribution in [3.8, 4) is 5.75 Å². The van der Waals surface area contributed by atoms with Crippen molar-refractivity contribution in [1.29, 1.82) is 0 Å². The van der Waals surface area contributed by atoms with Crippen LogP contribution in [0.5, 0.6) is 5.75 Å². The molecule has 3 amide bonds. The third-order valence-corrected chi connectivity index (χ3v) is 3.90. The van der Waals surface area contributed by atoms with Crippen LogP contribution in [0, 0.1) is 0 Å². The van der Waals surface area contributed by atoms with E-state index in [0.717, 1.165) is 0 Å². The Kier molecular flexibility index (Phi) is 3.73. The van der Waals surface area contributed by atoms with E-state index in [9.17, 15) is 24.3 Å². The second-order valence-electron chi connectivity index (χ2n) is 5.30. The van der Waals surface area contributed by atoms with Gasteiger partial charge in [-0.25, -0.2) is 4.79 Å². The van der Waals surface area contributed by atoms with Crippen molar-refractivity contribution < 1.29 is 29.0 Å². The molecule has 3 rings (SSSR count). The van der Waals surface area contributed by atoms with Crippen LogP contribution in [-0.4, -0.2) is 52.9 Å². The van der Waals surface area contributed by atoms with Crippen LogP contribution in [-0.2, 0) is 9.59 Å². The topological polar surface area (TPSA) is 113 Å². The Morgan fingerprint density at radius 2 is 2.09 bits per heavy atom. The number of carbonyl (C=O) groups excluding carboxylic acids is 3. The zero-order valence-corrected chi connectivity index (χ0v) is 12.1. The summed E-state index contributed by atoms with van der Waals surface area (Å²) in [7, 11) is 0. The molecule has 1 fully saturated rings. The summed E-state index contributed by atoms with van der Waals surface area (Å²) in [5.41, 5.74) is 0.00748. The summed E-state index contributed by atoms with van der Waals surface area (Å²) >= 11 is 0. The first-order valence-corrected chi connectivity index (χ1v) is 7.13. The quantitative estimate of drug-likeness (QED) is 0.744. The van der Waals surface area contributed by atoms with E-state index in [1.54, 1.807) is 0 Å². The van der Waals surface area contributed by atoms with Crippen LogP contribution in [0.3, 0.4) is 0 Å². The second-order valence-corrected chi connectivity index (χ2v) is 5.30. The fraction of sp³-hybridized carbons (Fsp3) is 0.333. The number of nitrogens with one attached hydrogen (secondary N) is 1. The maximum atomic E-state index is 12.7. The van der Waals surface area contributed by atoms with Gasteiger partial charge in [-0.15, -0.1) is 0 Å². The number of benzene rings is 1. The number of aromatic carboxylic acids is 1. The lowest BCUT2D eigenvalue weighted by Crippen LogP contribution is -2.54. The summed E-state index contributed by atoms with van der Waals surface area (Å²) < 4.78 is 5.45. The Bertz CT molecular complexity index is 714. The van der Waals surface area contributed by atoms with Gasteiger partial charge in [-0.3, -0.25) is 19.7 Å². The molecule has 0 spiro atoms. The zero-order chi connectivity index (χ0) is 16.6. The molecule has 0 aliphatic carbocycles. The Balaban J connectivity index is 1.96. The number of imide groups is 1. The summed E-state index contributed by atoms with van der Waals surface area (Å²) in [6, 6.07) is 3.52. The minimum absolute atomic E-state index is 0.0137. The molecule has 2 heterocycles. The molecule has 2 aliphatic heterocycles. The number of fused-ring (bicyclic) bond motifs is 1. The molecule has 120 valence electrons. The third-order valence-electron chi connectivity index (χ3n) is 3.90. The molecule has 0 saturated carbocycles. The van der Waals surface area contributed by atoms with E-state index in [4.69, 9.17) is 4.74 Å². The average molecular weight is 318 g/mol. The molecule has 1 aromatic rings. The number of carboxylic acid groups (broad SMARTS) is 1. The van der Waals surface area contributed by atoms with E-state index < -0.39 is 23.8 Å². The van der Waals surface area contributed by atoms with Crippen molar-refractivity contribution in [2.24, 2.45) is 0 Å². The molecule has 8 heteroatoms. The highest BCUT2D eigenvalue weighted by Crippen LogP contribution is 2.29. The minimum Gasteiger partial charge on any atom is -0.490 e. The van der Waals surface area contributed by atoms with Gasteiger partial charge in [-0.1, -0.05) is 6.07 Å². The van der Waals surface area contributed by atoms with Gasteiger partial charge in [0.25, 0.3) is 5.91 Å². The van der Waals surface area contributed by atoms with E-state index in [-0.39, 0.29) is 48.8 Å². The molecule has 0 aromatic heterocycles. The maximum absolute atomic E-state index is 12.7. The van der Waals surface area contributed by atoms with E-state index in [1.165, 1.54) is 23.1 Å². The molecular formula is C15H14N2O6. The average Bonchev–Trinajstić information content (AvgIpc) is 2.67. The molecular weight excluding hydrogens is 304 g/mol. The fourth-order valence-corrected chi connectivity index (χ4v) is 2.81. The van der Waals surface area contributed by atoms with E-state index in [2.05, 4.69) is 5.32 Å². The van der Waals surface area contributed by atoms with Crippen LogP contribution in [0.2, 0.25) is 0 Å². The van der Waals surface area contributed by atoms with Gasteiger partial charge in [0.05, 0.1) is 12.1 Å². The number of ether oxygens (including phenoxy) is 1. The maximum Gasteiger partial charge on any atom is 0.339 e. The molecule has 1 atom stereocenters. The monoisotopic (exact) mass is 318 g/mol. The Morgan fingerprint density at radius 1 is 1.30 bits per heavy atom. The highest BCUT2D eigenvalue weighted by Gasteiger charge is 2.37. The summed E-state index contributed by atoms with van der Waals surface area (Å²) in [5.74, 6) is -2.54. The number of hydrogen-bond donors (Lipinski definition) is 2. The molecule has 0 bridgehead atoms. The predicted octanol–water partition coefficient (Wildman–Crippen LogP) is 0.0246. The number of carboxylic acids is 1. The van der Waals surface area contributed by atoms with Gasteiger partial charge in [0.2, 0.25) is 11.8 Å². The normalized spacial score (nSPS) is 21.1. The molecule has 23 heavy (non-hydrogen) atoms. The number of nitrogens with zero attached hydrogens (tertiary/aromatic N) is 1. The van der Waals surface area contributed by atoms with Crippen LogP contribution in [0.1, 0.15) is 33.6 Å². The lowest BCUT2D eigenvalue weighted by atomic mass is 10.0. The molecule has 8 nitrogen and oxygen atoms in total. The summed E-state index contributed by atoms with van der Waals surface area (Å²) in [6.07, 6.45) is 0.396. The number of rotatable bonds is 2. The summed E-state index contributed by atoms with van der Waals surface area (Å²) in [6.45, 7) is 0.208. The molecule has 2 aliphatic rings. The molecule has 1 aromatic carbocycles. The van der Waals surface area contributed by atoms with Crippen molar-refractivity contribution in [3.63, 3.8) is 0 Å². The first-order valence-electron chi connectivity index (χ1n) is 7.13. The third kappa shape index (κ3) is 2.63. The van der Waals surface area contributed by atoms with Crippen molar-refractivity contribution in [2.75, 3.05) is 13.2 Å². The van der Waals surface area contributed by atoms with Gasteiger partial charge in [0, 0.05) is 6.42 Å². The number of piperidine rings is 1. The van der Waals surface area contributed by atoms with Crippen molar-refractivity contribution in [2.45, 2.75) is 18.9 Å². The first kappa shape index (κ1) is 15.0. The van der Waals surface area contributed by atoms with Crippen molar-refractivity contribution >= 4 is 23.7 Å². The predicted molar refractivity (Wildman–Crippen MR) is 76.1 cm³/mol. The SMILES string of the molecule is O=C1CCC(N2CCOc3c(C(=O)O)cccc3C2=O)C(=O)N1. The lowest BCUT2D eigenvalue weighted by molar-refractivity contribution is -0.136. The second kappa shape index (κ2) is 5.71. The van der Waals surface area contributed by atoms with Crippen LogP contribution >= 0.6 is 0 Å². The van der Waals surface area contributed by atoms with Crippen LogP contribution in [0.4, 0.5) is 0 Å². The van der Waals surface area contributed by atoms with E-state index >= 15 is 0 Å².